The van der Waals surface area contributed by atoms with Gasteiger partial charge in [0.05, 0.1) is 11.1 Å². The zero-order valence-electron chi connectivity index (χ0n) is 17.4. The maximum Gasteiger partial charge on any atom is 0.270 e. The number of hydrogen-bond donors (Lipinski definition) is 2. The summed E-state index contributed by atoms with van der Waals surface area (Å²) >= 11 is 0. The van der Waals surface area contributed by atoms with E-state index < -0.39 is 0 Å². The number of benzene rings is 1. The van der Waals surface area contributed by atoms with Crippen molar-refractivity contribution in [2.45, 2.75) is 26.3 Å². The molecule has 1 atom stereocenters. The Balaban J connectivity index is 1.51. The summed E-state index contributed by atoms with van der Waals surface area (Å²) in [6, 6.07) is 9.59. The zero-order chi connectivity index (χ0) is 21.4. The number of piperidine rings is 1. The molecule has 1 aliphatic rings. The van der Waals surface area contributed by atoms with Crippen LogP contribution in [0.25, 0.3) is 11.0 Å². The average Bonchev–Trinajstić information content (AvgIpc) is 3.03. The lowest BCUT2D eigenvalue weighted by atomic mass is 9.85. The molecule has 1 aliphatic heterocycles. The Hall–Kier alpha value is -3.19. The second-order valence-corrected chi connectivity index (χ2v) is 8.03. The van der Waals surface area contributed by atoms with Crippen LogP contribution in [0.5, 0.6) is 0 Å². The quantitative estimate of drug-likeness (QED) is 0.651. The van der Waals surface area contributed by atoms with Gasteiger partial charge in [0.2, 0.25) is 0 Å². The normalized spacial score (nSPS) is 17.0. The van der Waals surface area contributed by atoms with Crippen molar-refractivity contribution in [3.8, 4) is 0 Å². The highest BCUT2D eigenvalue weighted by atomic mass is 16.2. The van der Waals surface area contributed by atoms with Crippen LogP contribution < -0.4 is 11.2 Å². The predicted octanol–water partition coefficient (Wildman–Crippen LogP) is 2.29. The van der Waals surface area contributed by atoms with Gasteiger partial charge in [-0.25, -0.2) is 0 Å². The Morgan fingerprint density at radius 3 is 2.77 bits per heavy atom. The highest BCUT2D eigenvalue weighted by molar-refractivity contribution is 5.95. The minimum Gasteiger partial charge on any atom is -0.335 e. The molecule has 0 bridgehead atoms. The van der Waals surface area contributed by atoms with Gasteiger partial charge in [0, 0.05) is 32.7 Å². The number of hydrogen-bond acceptors (Lipinski definition) is 4. The van der Waals surface area contributed by atoms with E-state index in [1.807, 2.05) is 12.1 Å². The molecule has 7 heteroatoms. The Bertz CT molecular complexity index is 1190. The maximum atomic E-state index is 13.1. The Morgan fingerprint density at radius 1 is 1.33 bits per heavy atom. The minimum atomic E-state index is -0.190. The van der Waals surface area contributed by atoms with Crippen LogP contribution in [0.4, 0.5) is 0 Å². The zero-order valence-corrected chi connectivity index (χ0v) is 17.4. The molecule has 0 spiro atoms. The molecule has 156 valence electrons. The molecule has 1 fully saturated rings. The lowest BCUT2D eigenvalue weighted by Crippen LogP contribution is -2.40. The van der Waals surface area contributed by atoms with Crippen molar-refractivity contribution >= 4 is 16.9 Å². The molecule has 3 N–H and O–H groups in total. The van der Waals surface area contributed by atoms with E-state index in [1.54, 1.807) is 23.6 Å². The molecule has 4 rings (SSSR count). The van der Waals surface area contributed by atoms with Crippen molar-refractivity contribution in [2.24, 2.45) is 18.7 Å². The van der Waals surface area contributed by atoms with Gasteiger partial charge in [-0.1, -0.05) is 36.4 Å². The fourth-order valence-electron chi connectivity index (χ4n) is 4.36. The highest BCUT2D eigenvalue weighted by Gasteiger charge is 2.28. The van der Waals surface area contributed by atoms with E-state index >= 15 is 0 Å². The second kappa shape index (κ2) is 7.91. The van der Waals surface area contributed by atoms with E-state index in [1.165, 1.54) is 11.6 Å². The summed E-state index contributed by atoms with van der Waals surface area (Å²) in [5.41, 5.74) is 10.6. The van der Waals surface area contributed by atoms with E-state index in [-0.39, 0.29) is 17.0 Å². The van der Waals surface area contributed by atoms with E-state index in [2.05, 4.69) is 28.8 Å². The molecule has 1 saturated heterocycles. The molecular weight excluding hydrogens is 378 g/mol. The molecule has 1 unspecified atom stereocenters. The molecule has 30 heavy (non-hydrogen) atoms. The predicted molar refractivity (Wildman–Crippen MR) is 117 cm³/mol. The van der Waals surface area contributed by atoms with Gasteiger partial charge in [-0.05, 0) is 36.8 Å². The summed E-state index contributed by atoms with van der Waals surface area (Å²) in [5, 5.41) is 4.80. The van der Waals surface area contributed by atoms with Crippen molar-refractivity contribution in [3.05, 3.63) is 75.2 Å². The van der Waals surface area contributed by atoms with Gasteiger partial charge in [0.1, 0.15) is 11.3 Å². The lowest BCUT2D eigenvalue weighted by molar-refractivity contribution is 0.0730. The molecule has 0 saturated carbocycles. The van der Waals surface area contributed by atoms with Crippen molar-refractivity contribution < 1.29 is 4.79 Å². The van der Waals surface area contributed by atoms with Crippen LogP contribution in [0.3, 0.4) is 0 Å². The van der Waals surface area contributed by atoms with Crippen LogP contribution in [0.15, 0.2) is 47.3 Å². The second-order valence-electron chi connectivity index (χ2n) is 8.03. The van der Waals surface area contributed by atoms with Crippen LogP contribution in [0.1, 0.15) is 33.7 Å². The number of carbonyl (C=O) groups excluding carboxylic acids is 1. The molecule has 1 amide bonds. The smallest absolute Gasteiger partial charge is 0.270 e. The van der Waals surface area contributed by atoms with Gasteiger partial charge in [-0.15, -0.1) is 0 Å². The number of fused-ring (bicyclic) bond motifs is 1. The molecule has 0 aliphatic carbocycles. The van der Waals surface area contributed by atoms with Gasteiger partial charge in [-0.2, -0.15) is 5.10 Å². The molecule has 7 nitrogen and oxygen atoms in total. The number of rotatable bonds is 4. The Morgan fingerprint density at radius 2 is 2.07 bits per heavy atom. The number of amides is 1. The summed E-state index contributed by atoms with van der Waals surface area (Å²) in [6.07, 6.45) is 1.71. The average molecular weight is 406 g/mol. The lowest BCUT2D eigenvalue weighted by Gasteiger charge is -2.34. The summed E-state index contributed by atoms with van der Waals surface area (Å²) in [7, 11) is 1.76. The molecule has 3 aromatic rings. The Kier molecular flexibility index (Phi) is 5.30. The van der Waals surface area contributed by atoms with E-state index in [0.29, 0.717) is 42.3 Å². The van der Waals surface area contributed by atoms with Gasteiger partial charge in [-0.3, -0.25) is 14.3 Å². The first-order chi connectivity index (χ1) is 14.4. The summed E-state index contributed by atoms with van der Waals surface area (Å²) in [5.74, 6) is 0.123. The number of likely N-dealkylation sites (tertiary alicyclic amines) is 1. The first-order valence-corrected chi connectivity index (χ1v) is 10.2. The van der Waals surface area contributed by atoms with E-state index in [4.69, 9.17) is 5.73 Å². The molecule has 3 heterocycles. The standard InChI is InChI=1S/C23H27N5O2/c1-14-13-28(9-8-16(14)10-17-6-4-5-7-18(17)12-24)23(30)19-11-20(29)21-15(2)26-27(3)22(21)25-19/h4-7,11,16H,1,8-10,12-13,24H2,2-3H3,(H,25,29). The third-order valence-electron chi connectivity index (χ3n) is 6.04. The van der Waals surface area contributed by atoms with Crippen molar-refractivity contribution in [1.82, 2.24) is 19.7 Å². The van der Waals surface area contributed by atoms with Crippen LogP contribution in [-0.4, -0.2) is 38.7 Å². The number of pyridine rings is 1. The monoisotopic (exact) mass is 405 g/mol. The highest BCUT2D eigenvalue weighted by Crippen LogP contribution is 2.27. The topological polar surface area (TPSA) is 97.0 Å². The number of aryl methyl sites for hydroxylation is 2. The van der Waals surface area contributed by atoms with Gasteiger partial charge < -0.3 is 15.6 Å². The first kappa shape index (κ1) is 20.1. The number of nitrogens with zero attached hydrogens (tertiary/aromatic N) is 3. The first-order valence-electron chi connectivity index (χ1n) is 10.2. The van der Waals surface area contributed by atoms with Crippen molar-refractivity contribution in [1.29, 1.82) is 0 Å². The van der Waals surface area contributed by atoms with E-state index in [9.17, 15) is 9.59 Å². The fraction of sp³-hybridized carbons (Fsp3) is 0.348. The molecular formula is C23H27N5O2. The van der Waals surface area contributed by atoms with Crippen LogP contribution in [0.2, 0.25) is 0 Å². The molecule has 0 radical (unpaired) electrons. The van der Waals surface area contributed by atoms with Crippen LogP contribution in [0, 0.1) is 12.8 Å². The largest absolute Gasteiger partial charge is 0.335 e. The third kappa shape index (κ3) is 3.57. The minimum absolute atomic E-state index is 0.185. The summed E-state index contributed by atoms with van der Waals surface area (Å²) in [6.45, 7) is 7.66. The number of H-pyrrole nitrogens is 1. The number of nitrogens with one attached hydrogen (secondary N) is 1. The maximum absolute atomic E-state index is 13.1. The van der Waals surface area contributed by atoms with Crippen molar-refractivity contribution in [2.75, 3.05) is 13.1 Å². The SMILES string of the molecule is C=C1CN(C(=O)c2cc(=O)c3c(C)nn(C)c3[nH]2)CCC1Cc1ccccc1CN. The molecule has 2 aromatic heterocycles. The van der Waals surface area contributed by atoms with Gasteiger partial charge in [0.15, 0.2) is 5.43 Å². The number of carbonyl (C=O) groups is 1. The Labute approximate surface area is 175 Å². The number of aromatic amines is 1. The van der Waals surface area contributed by atoms with Gasteiger partial charge in [0.25, 0.3) is 5.91 Å². The van der Waals surface area contributed by atoms with E-state index in [0.717, 1.165) is 24.0 Å². The third-order valence-corrected chi connectivity index (χ3v) is 6.04. The van der Waals surface area contributed by atoms with Crippen molar-refractivity contribution in [3.63, 3.8) is 0 Å². The van der Waals surface area contributed by atoms with Gasteiger partial charge >= 0.3 is 0 Å². The summed E-state index contributed by atoms with van der Waals surface area (Å²) in [4.78, 5) is 30.5. The fourth-order valence-corrected chi connectivity index (χ4v) is 4.36. The number of nitrogens with two attached hydrogens (primary N) is 1. The summed E-state index contributed by atoms with van der Waals surface area (Å²) < 4.78 is 1.60. The molecule has 1 aromatic carbocycles. The van der Waals surface area contributed by atoms with Crippen LogP contribution in [-0.2, 0) is 20.0 Å². The van der Waals surface area contributed by atoms with Crippen LogP contribution >= 0.6 is 0 Å². The number of aromatic nitrogens is 3.